The van der Waals surface area contributed by atoms with E-state index >= 15 is 0 Å². The van der Waals surface area contributed by atoms with Gasteiger partial charge in [0.15, 0.2) is 0 Å². The molecule has 0 bridgehead atoms. The first-order chi connectivity index (χ1) is 8.97. The maximum Gasteiger partial charge on any atom is 0.317 e. The van der Waals surface area contributed by atoms with Gasteiger partial charge in [0.2, 0.25) is 0 Å². The Morgan fingerprint density at radius 1 is 1.42 bits per heavy atom. The van der Waals surface area contributed by atoms with Crippen molar-refractivity contribution in [2.24, 2.45) is 5.41 Å². The molecule has 0 spiro atoms. The SMILES string of the molecule is CC1CN(C(=O)NCC2(C(=O)O)CC2)CC(CO)O1. The number of aliphatic hydroxyl groups is 1. The highest BCUT2D eigenvalue weighted by molar-refractivity contribution is 5.80. The van der Waals surface area contributed by atoms with Gasteiger partial charge in [-0.3, -0.25) is 4.79 Å². The van der Waals surface area contributed by atoms with Crippen LogP contribution in [-0.4, -0.2) is 65.6 Å². The predicted molar refractivity (Wildman–Crippen MR) is 65.7 cm³/mol. The first-order valence-electron chi connectivity index (χ1n) is 6.49. The summed E-state index contributed by atoms with van der Waals surface area (Å²) in [7, 11) is 0. The van der Waals surface area contributed by atoms with Gasteiger partial charge in [-0.05, 0) is 19.8 Å². The zero-order chi connectivity index (χ0) is 14.0. The molecule has 1 aliphatic carbocycles. The molecule has 3 N–H and O–H groups in total. The molecule has 1 saturated heterocycles. The molecule has 1 saturated carbocycles. The van der Waals surface area contributed by atoms with Crippen LogP contribution in [0.2, 0.25) is 0 Å². The van der Waals surface area contributed by atoms with Crippen LogP contribution in [0.5, 0.6) is 0 Å². The number of aliphatic carboxylic acids is 1. The van der Waals surface area contributed by atoms with Crippen LogP contribution in [0.4, 0.5) is 4.79 Å². The van der Waals surface area contributed by atoms with Crippen molar-refractivity contribution in [2.75, 3.05) is 26.2 Å². The fourth-order valence-electron chi connectivity index (χ4n) is 2.29. The number of carbonyl (C=O) groups is 2. The average Bonchev–Trinajstić information content (AvgIpc) is 3.16. The zero-order valence-corrected chi connectivity index (χ0v) is 11.0. The van der Waals surface area contributed by atoms with Crippen LogP contribution < -0.4 is 5.32 Å². The zero-order valence-electron chi connectivity index (χ0n) is 11.0. The monoisotopic (exact) mass is 272 g/mol. The van der Waals surface area contributed by atoms with Crippen LogP contribution in [0.25, 0.3) is 0 Å². The molecule has 0 aromatic heterocycles. The maximum atomic E-state index is 12.0. The van der Waals surface area contributed by atoms with Crippen LogP contribution >= 0.6 is 0 Å². The first kappa shape index (κ1) is 14.1. The van der Waals surface area contributed by atoms with E-state index < -0.39 is 11.4 Å². The van der Waals surface area contributed by atoms with Crippen molar-refractivity contribution >= 4 is 12.0 Å². The second-order valence-corrected chi connectivity index (χ2v) is 5.40. The summed E-state index contributed by atoms with van der Waals surface area (Å²) in [5.74, 6) is -0.851. The molecule has 2 unspecified atom stereocenters. The Morgan fingerprint density at radius 3 is 2.63 bits per heavy atom. The largest absolute Gasteiger partial charge is 0.481 e. The van der Waals surface area contributed by atoms with Crippen LogP contribution in [0.15, 0.2) is 0 Å². The molecular formula is C12H20N2O5. The number of carboxylic acids is 1. The first-order valence-corrected chi connectivity index (χ1v) is 6.49. The van der Waals surface area contributed by atoms with Gasteiger partial charge in [-0.1, -0.05) is 0 Å². The topological polar surface area (TPSA) is 99.1 Å². The molecule has 0 aromatic carbocycles. The van der Waals surface area contributed by atoms with Gasteiger partial charge >= 0.3 is 12.0 Å². The van der Waals surface area contributed by atoms with Crippen molar-refractivity contribution in [3.63, 3.8) is 0 Å². The Bertz CT molecular complexity index is 369. The quantitative estimate of drug-likeness (QED) is 0.649. The molecule has 2 aliphatic rings. The molecule has 7 nitrogen and oxygen atoms in total. The third-order valence-corrected chi connectivity index (χ3v) is 3.70. The molecule has 2 amide bonds. The molecular weight excluding hydrogens is 252 g/mol. The van der Waals surface area contributed by atoms with Gasteiger partial charge in [-0.2, -0.15) is 0 Å². The minimum Gasteiger partial charge on any atom is -0.481 e. The Hall–Kier alpha value is -1.34. The maximum absolute atomic E-state index is 12.0. The number of nitrogens with one attached hydrogen (secondary N) is 1. The molecule has 2 atom stereocenters. The summed E-state index contributed by atoms with van der Waals surface area (Å²) in [6, 6.07) is -0.291. The van der Waals surface area contributed by atoms with Gasteiger partial charge in [0, 0.05) is 13.1 Å². The third kappa shape index (κ3) is 3.16. The summed E-state index contributed by atoms with van der Waals surface area (Å²) < 4.78 is 5.45. The summed E-state index contributed by atoms with van der Waals surface area (Å²) in [6.07, 6.45) is 0.720. The normalized spacial score (nSPS) is 28.8. The van der Waals surface area contributed by atoms with Crippen LogP contribution in [0.3, 0.4) is 0 Å². The summed E-state index contributed by atoms with van der Waals surface area (Å²) in [4.78, 5) is 24.6. The molecule has 108 valence electrons. The number of aliphatic hydroxyl groups excluding tert-OH is 1. The highest BCUT2D eigenvalue weighted by Gasteiger charge is 2.50. The van der Waals surface area contributed by atoms with E-state index in [1.54, 1.807) is 4.90 Å². The minimum atomic E-state index is -0.851. The summed E-state index contributed by atoms with van der Waals surface area (Å²) >= 11 is 0. The highest BCUT2D eigenvalue weighted by Crippen LogP contribution is 2.45. The smallest absolute Gasteiger partial charge is 0.317 e. The number of hydrogen-bond donors (Lipinski definition) is 3. The van der Waals surface area contributed by atoms with Crippen LogP contribution in [0, 0.1) is 5.41 Å². The van der Waals surface area contributed by atoms with Crippen LogP contribution in [0.1, 0.15) is 19.8 Å². The third-order valence-electron chi connectivity index (χ3n) is 3.70. The fraction of sp³-hybridized carbons (Fsp3) is 0.833. The second kappa shape index (κ2) is 5.34. The van der Waals surface area contributed by atoms with Crippen molar-refractivity contribution in [1.29, 1.82) is 0 Å². The number of rotatable bonds is 4. The van der Waals surface area contributed by atoms with E-state index in [2.05, 4.69) is 5.32 Å². The molecule has 2 rings (SSSR count). The van der Waals surface area contributed by atoms with E-state index in [1.165, 1.54) is 0 Å². The van der Waals surface area contributed by atoms with E-state index in [4.69, 9.17) is 14.9 Å². The fourth-order valence-corrected chi connectivity index (χ4v) is 2.29. The Labute approximate surface area is 111 Å². The van der Waals surface area contributed by atoms with Crippen molar-refractivity contribution in [2.45, 2.75) is 32.0 Å². The van der Waals surface area contributed by atoms with E-state index in [1.807, 2.05) is 6.92 Å². The minimum absolute atomic E-state index is 0.132. The predicted octanol–water partition coefficient (Wildman–Crippen LogP) is -0.358. The number of amides is 2. The number of morpholine rings is 1. The van der Waals surface area contributed by atoms with Crippen molar-refractivity contribution in [3.05, 3.63) is 0 Å². The number of hydrogen-bond acceptors (Lipinski definition) is 4. The van der Waals surface area contributed by atoms with Gasteiger partial charge < -0.3 is 25.2 Å². The van der Waals surface area contributed by atoms with Gasteiger partial charge in [0.25, 0.3) is 0 Å². The van der Waals surface area contributed by atoms with E-state index in [9.17, 15) is 9.59 Å². The van der Waals surface area contributed by atoms with Crippen molar-refractivity contribution in [3.8, 4) is 0 Å². The van der Waals surface area contributed by atoms with Gasteiger partial charge in [-0.25, -0.2) is 4.79 Å². The molecule has 2 fully saturated rings. The molecule has 1 aliphatic heterocycles. The van der Waals surface area contributed by atoms with Gasteiger partial charge in [0.05, 0.1) is 30.8 Å². The lowest BCUT2D eigenvalue weighted by molar-refractivity contribution is -0.143. The lowest BCUT2D eigenvalue weighted by Gasteiger charge is -2.36. The summed E-state index contributed by atoms with van der Waals surface area (Å²) in [5, 5.41) is 20.8. The number of urea groups is 1. The van der Waals surface area contributed by atoms with E-state index in [-0.39, 0.29) is 31.4 Å². The van der Waals surface area contributed by atoms with Crippen molar-refractivity contribution < 1.29 is 24.5 Å². The molecule has 19 heavy (non-hydrogen) atoms. The highest BCUT2D eigenvalue weighted by atomic mass is 16.5. The number of carbonyl (C=O) groups excluding carboxylic acids is 1. The molecule has 7 heteroatoms. The average molecular weight is 272 g/mol. The number of nitrogens with zero attached hydrogens (tertiary/aromatic N) is 1. The van der Waals surface area contributed by atoms with Crippen LogP contribution in [-0.2, 0) is 9.53 Å². The Balaban J connectivity index is 1.84. The second-order valence-electron chi connectivity index (χ2n) is 5.40. The van der Waals surface area contributed by atoms with E-state index in [0.717, 1.165) is 0 Å². The lowest BCUT2D eigenvalue weighted by Crippen LogP contribution is -2.54. The number of carboxylic acid groups (broad SMARTS) is 1. The number of ether oxygens (including phenoxy) is 1. The standard InChI is InChI=1S/C12H20N2O5/c1-8-4-14(5-9(6-15)19-8)11(18)13-7-12(2-3-12)10(16)17/h8-9,15H,2-7H2,1H3,(H,13,18)(H,16,17). The Kier molecular flexibility index (Phi) is 3.96. The summed E-state index contributed by atoms with van der Waals surface area (Å²) in [5.41, 5.74) is -0.760. The Morgan fingerprint density at radius 2 is 2.11 bits per heavy atom. The van der Waals surface area contributed by atoms with Crippen molar-refractivity contribution in [1.82, 2.24) is 10.2 Å². The molecule has 0 aromatic rings. The van der Waals surface area contributed by atoms with Gasteiger partial charge in [0.1, 0.15) is 0 Å². The van der Waals surface area contributed by atoms with E-state index in [0.29, 0.717) is 25.9 Å². The lowest BCUT2D eigenvalue weighted by atomic mass is 10.1. The summed E-state index contributed by atoms with van der Waals surface area (Å²) in [6.45, 7) is 2.64. The molecule has 0 radical (unpaired) electrons. The molecule has 1 heterocycles. The van der Waals surface area contributed by atoms with Gasteiger partial charge in [-0.15, -0.1) is 0 Å².